The molecule has 0 atom stereocenters. The van der Waals surface area contributed by atoms with Crippen molar-refractivity contribution in [3.63, 3.8) is 0 Å². The fraction of sp³-hybridized carbons (Fsp3) is 0.429. The maximum Gasteiger partial charge on any atom is 0.243 e. The molecule has 0 N–H and O–H groups in total. The largest absolute Gasteiger partial charge is 0.550 e. The molecule has 2 rings (SSSR count). The molecule has 1 saturated heterocycles. The molecular weight excluding hydrogens is 344 g/mol. The minimum Gasteiger partial charge on any atom is -0.550 e. The Kier molecular flexibility index (Phi) is 5.61. The van der Waals surface area contributed by atoms with Crippen molar-refractivity contribution >= 4 is 33.5 Å². The second-order valence-electron chi connectivity index (χ2n) is 5.11. The van der Waals surface area contributed by atoms with Gasteiger partial charge in [-0.2, -0.15) is 4.31 Å². The van der Waals surface area contributed by atoms with Crippen LogP contribution in [0.15, 0.2) is 29.2 Å². The zero-order valence-electron chi connectivity index (χ0n) is 12.3. The van der Waals surface area contributed by atoms with Crippen LogP contribution in [-0.2, 0) is 19.6 Å². The molecule has 0 saturated carbocycles. The molecule has 1 aliphatic heterocycles. The molecule has 7 nitrogen and oxygen atoms in total. The smallest absolute Gasteiger partial charge is 0.243 e. The van der Waals surface area contributed by atoms with Gasteiger partial charge < -0.3 is 14.8 Å². The van der Waals surface area contributed by atoms with E-state index in [1.807, 2.05) is 0 Å². The van der Waals surface area contributed by atoms with Crippen LogP contribution in [0.3, 0.4) is 0 Å². The summed E-state index contributed by atoms with van der Waals surface area (Å²) in [5.41, 5.74) is 0. The van der Waals surface area contributed by atoms with Gasteiger partial charge in [-0.1, -0.05) is 11.6 Å². The molecule has 9 heteroatoms. The highest BCUT2D eigenvalue weighted by Crippen LogP contribution is 2.20. The molecule has 0 bridgehead atoms. The van der Waals surface area contributed by atoms with E-state index in [9.17, 15) is 23.1 Å². The number of halogens is 1. The van der Waals surface area contributed by atoms with Crippen molar-refractivity contribution in [2.75, 3.05) is 26.2 Å². The van der Waals surface area contributed by atoms with Crippen LogP contribution in [0.2, 0.25) is 5.02 Å². The monoisotopic (exact) mass is 359 g/mol. The van der Waals surface area contributed by atoms with Crippen molar-refractivity contribution in [2.45, 2.75) is 17.7 Å². The number of carbonyl (C=O) groups is 2. The highest BCUT2D eigenvalue weighted by Gasteiger charge is 2.29. The highest BCUT2D eigenvalue weighted by molar-refractivity contribution is 7.89. The molecule has 23 heavy (non-hydrogen) atoms. The van der Waals surface area contributed by atoms with Gasteiger partial charge in [0.1, 0.15) is 0 Å². The van der Waals surface area contributed by atoms with E-state index in [4.69, 9.17) is 11.6 Å². The number of rotatable bonds is 5. The average Bonchev–Trinajstić information content (AvgIpc) is 2.53. The Labute approximate surface area is 139 Å². The normalized spacial score (nSPS) is 16.3. The van der Waals surface area contributed by atoms with Gasteiger partial charge in [-0.05, 0) is 30.7 Å². The Bertz CT molecular complexity index is 682. The molecule has 0 spiro atoms. The fourth-order valence-corrected chi connectivity index (χ4v) is 3.85. The van der Waals surface area contributed by atoms with Crippen molar-refractivity contribution < 1.29 is 23.1 Å². The van der Waals surface area contributed by atoms with Crippen molar-refractivity contribution in [3.05, 3.63) is 29.3 Å². The first-order valence-electron chi connectivity index (χ1n) is 7.04. The Morgan fingerprint density at radius 3 is 2.13 bits per heavy atom. The van der Waals surface area contributed by atoms with Gasteiger partial charge in [0.05, 0.1) is 4.90 Å². The molecule has 1 aromatic carbocycles. The molecule has 1 heterocycles. The number of hydrogen-bond donors (Lipinski definition) is 0. The number of carbonyl (C=O) groups excluding carboxylic acids is 2. The molecule has 0 radical (unpaired) electrons. The van der Waals surface area contributed by atoms with E-state index in [-0.39, 0.29) is 49.8 Å². The van der Waals surface area contributed by atoms with Crippen molar-refractivity contribution in [1.82, 2.24) is 9.21 Å². The first-order valence-corrected chi connectivity index (χ1v) is 8.86. The average molecular weight is 360 g/mol. The number of aliphatic carboxylic acids is 1. The minimum absolute atomic E-state index is 0.133. The van der Waals surface area contributed by atoms with E-state index in [0.717, 1.165) is 0 Å². The summed E-state index contributed by atoms with van der Waals surface area (Å²) < 4.78 is 26.3. The second kappa shape index (κ2) is 7.29. The highest BCUT2D eigenvalue weighted by atomic mass is 35.5. The van der Waals surface area contributed by atoms with Gasteiger partial charge in [-0.3, -0.25) is 4.79 Å². The molecule has 0 aliphatic carbocycles. The van der Waals surface area contributed by atoms with E-state index in [0.29, 0.717) is 5.02 Å². The van der Waals surface area contributed by atoms with Crippen LogP contribution in [0.1, 0.15) is 12.8 Å². The summed E-state index contributed by atoms with van der Waals surface area (Å²) in [6.45, 7) is 0.807. The number of carboxylic acid groups (broad SMARTS) is 1. The Balaban J connectivity index is 1.97. The molecule has 0 unspecified atom stereocenters. The lowest BCUT2D eigenvalue weighted by atomic mass is 10.2. The number of nitrogens with zero attached hydrogens (tertiary/aromatic N) is 2. The molecular formula is C14H16ClN2O5S-. The topological polar surface area (TPSA) is 97.8 Å². The van der Waals surface area contributed by atoms with Gasteiger partial charge in [0.2, 0.25) is 15.9 Å². The summed E-state index contributed by atoms with van der Waals surface area (Å²) in [5.74, 6) is -1.58. The van der Waals surface area contributed by atoms with Crippen molar-refractivity contribution in [2.24, 2.45) is 0 Å². The predicted molar refractivity (Wildman–Crippen MR) is 81.0 cm³/mol. The Hall–Kier alpha value is -1.64. The lowest BCUT2D eigenvalue weighted by molar-refractivity contribution is -0.305. The summed E-state index contributed by atoms with van der Waals surface area (Å²) in [6, 6.07) is 5.90. The lowest BCUT2D eigenvalue weighted by Gasteiger charge is -2.34. The standard InChI is InChI=1S/C14H17ClN2O5S/c15-11-1-3-12(4-2-11)23(21,22)17-9-7-16(8-10-17)13(18)5-6-14(19)20/h1-4H,5-10H2,(H,19,20)/p-1. The number of piperazine rings is 1. The summed E-state index contributed by atoms with van der Waals surface area (Å²) in [4.78, 5) is 23.8. The molecule has 1 fully saturated rings. The van der Waals surface area contributed by atoms with Crippen LogP contribution < -0.4 is 5.11 Å². The van der Waals surface area contributed by atoms with E-state index < -0.39 is 16.0 Å². The zero-order chi connectivity index (χ0) is 17.0. The number of hydrogen-bond acceptors (Lipinski definition) is 5. The molecule has 1 aliphatic rings. The maximum atomic E-state index is 12.5. The van der Waals surface area contributed by atoms with Crippen LogP contribution in [0, 0.1) is 0 Å². The van der Waals surface area contributed by atoms with E-state index in [1.165, 1.54) is 33.5 Å². The number of sulfonamides is 1. The number of carboxylic acids is 1. The van der Waals surface area contributed by atoms with Crippen LogP contribution in [-0.4, -0.2) is 55.7 Å². The van der Waals surface area contributed by atoms with E-state index in [2.05, 4.69) is 0 Å². The number of benzene rings is 1. The molecule has 1 aromatic rings. The summed E-state index contributed by atoms with van der Waals surface area (Å²) in [6.07, 6.45) is -0.464. The molecule has 126 valence electrons. The van der Waals surface area contributed by atoms with Crippen LogP contribution in [0.25, 0.3) is 0 Å². The molecule has 0 aromatic heterocycles. The molecule has 1 amide bonds. The number of amides is 1. The van der Waals surface area contributed by atoms with Crippen LogP contribution in [0.4, 0.5) is 0 Å². The van der Waals surface area contributed by atoms with E-state index >= 15 is 0 Å². The van der Waals surface area contributed by atoms with Crippen molar-refractivity contribution in [1.29, 1.82) is 0 Å². The third kappa shape index (κ3) is 4.43. The van der Waals surface area contributed by atoms with Gasteiger partial charge in [-0.25, -0.2) is 8.42 Å². The lowest BCUT2D eigenvalue weighted by Crippen LogP contribution is -2.50. The second-order valence-corrected chi connectivity index (χ2v) is 7.49. The SMILES string of the molecule is O=C([O-])CCC(=O)N1CCN(S(=O)(=O)c2ccc(Cl)cc2)CC1. The van der Waals surface area contributed by atoms with E-state index in [1.54, 1.807) is 0 Å². The third-order valence-corrected chi connectivity index (χ3v) is 5.75. The maximum absolute atomic E-state index is 12.5. The van der Waals surface area contributed by atoms with Gasteiger partial charge in [-0.15, -0.1) is 0 Å². The van der Waals surface area contributed by atoms with Crippen molar-refractivity contribution in [3.8, 4) is 0 Å². The minimum atomic E-state index is -3.62. The Morgan fingerprint density at radius 1 is 1.04 bits per heavy atom. The van der Waals surface area contributed by atoms with Gasteiger partial charge in [0, 0.05) is 43.6 Å². The first kappa shape index (κ1) is 17.7. The van der Waals surface area contributed by atoms with Gasteiger partial charge >= 0.3 is 0 Å². The van der Waals surface area contributed by atoms with Crippen LogP contribution in [0.5, 0.6) is 0 Å². The third-order valence-electron chi connectivity index (χ3n) is 3.59. The first-order chi connectivity index (χ1) is 10.8. The van der Waals surface area contributed by atoms with Crippen LogP contribution >= 0.6 is 11.6 Å². The van der Waals surface area contributed by atoms with Gasteiger partial charge in [0.25, 0.3) is 0 Å². The summed E-state index contributed by atoms with van der Waals surface area (Å²) >= 11 is 5.75. The summed E-state index contributed by atoms with van der Waals surface area (Å²) in [5, 5.41) is 10.8. The Morgan fingerprint density at radius 2 is 1.61 bits per heavy atom. The van der Waals surface area contributed by atoms with Gasteiger partial charge in [0.15, 0.2) is 0 Å². The quantitative estimate of drug-likeness (QED) is 0.719. The predicted octanol–water partition coefficient (Wildman–Crippen LogP) is -0.297. The fourth-order valence-electron chi connectivity index (χ4n) is 2.30. The summed E-state index contributed by atoms with van der Waals surface area (Å²) in [7, 11) is -3.62. The zero-order valence-corrected chi connectivity index (χ0v) is 13.8.